The molecule has 3 unspecified atom stereocenters. The van der Waals surface area contributed by atoms with E-state index in [1.54, 1.807) is 24.3 Å². The average molecular weight is 275 g/mol. The van der Waals surface area contributed by atoms with Crippen molar-refractivity contribution in [1.82, 2.24) is 0 Å². The number of carbonyl (C=O) groups excluding carboxylic acids is 1. The van der Waals surface area contributed by atoms with E-state index >= 15 is 0 Å². The Morgan fingerprint density at radius 3 is 2.75 bits per heavy atom. The van der Waals surface area contributed by atoms with Gasteiger partial charge in [0.15, 0.2) is 0 Å². The quantitative estimate of drug-likeness (QED) is 0.879. The SMILES string of the molecule is O=C(O)Cc1ccccc1NC(=O)C1CC2CCC1O2. The average Bonchev–Trinajstić information content (AvgIpc) is 3.02. The van der Waals surface area contributed by atoms with Gasteiger partial charge in [0.2, 0.25) is 5.91 Å². The van der Waals surface area contributed by atoms with Crippen LogP contribution in [0.15, 0.2) is 24.3 Å². The van der Waals surface area contributed by atoms with Gasteiger partial charge in [-0.2, -0.15) is 0 Å². The molecule has 2 heterocycles. The van der Waals surface area contributed by atoms with Crippen LogP contribution < -0.4 is 5.32 Å². The monoisotopic (exact) mass is 275 g/mol. The van der Waals surface area contributed by atoms with Gasteiger partial charge in [-0.1, -0.05) is 18.2 Å². The van der Waals surface area contributed by atoms with Crippen LogP contribution >= 0.6 is 0 Å². The fourth-order valence-corrected chi connectivity index (χ4v) is 3.10. The number of hydrogen-bond donors (Lipinski definition) is 2. The van der Waals surface area contributed by atoms with E-state index in [9.17, 15) is 9.59 Å². The third-order valence-corrected chi connectivity index (χ3v) is 4.06. The molecular weight excluding hydrogens is 258 g/mol. The Bertz CT molecular complexity index is 542. The molecule has 0 aromatic heterocycles. The van der Waals surface area contributed by atoms with Crippen molar-refractivity contribution < 1.29 is 19.4 Å². The molecule has 3 rings (SSSR count). The van der Waals surface area contributed by atoms with E-state index in [4.69, 9.17) is 9.84 Å². The highest BCUT2D eigenvalue weighted by Crippen LogP contribution is 2.39. The fourth-order valence-electron chi connectivity index (χ4n) is 3.10. The highest BCUT2D eigenvalue weighted by atomic mass is 16.5. The number of rotatable bonds is 4. The van der Waals surface area contributed by atoms with Gasteiger partial charge in [0.05, 0.1) is 24.5 Å². The van der Waals surface area contributed by atoms with Crippen molar-refractivity contribution in [2.75, 3.05) is 5.32 Å². The molecule has 3 atom stereocenters. The molecule has 2 aliphatic rings. The van der Waals surface area contributed by atoms with Crippen molar-refractivity contribution in [3.05, 3.63) is 29.8 Å². The third kappa shape index (κ3) is 2.54. The van der Waals surface area contributed by atoms with Gasteiger partial charge in [0, 0.05) is 5.69 Å². The maximum absolute atomic E-state index is 12.3. The van der Waals surface area contributed by atoms with E-state index in [1.807, 2.05) is 0 Å². The minimum atomic E-state index is -0.907. The van der Waals surface area contributed by atoms with Crippen molar-refractivity contribution in [1.29, 1.82) is 0 Å². The van der Waals surface area contributed by atoms with Crippen LogP contribution in [-0.2, 0) is 20.7 Å². The molecule has 2 N–H and O–H groups in total. The first-order chi connectivity index (χ1) is 9.63. The van der Waals surface area contributed by atoms with Crippen molar-refractivity contribution in [2.24, 2.45) is 5.92 Å². The Labute approximate surface area is 116 Å². The van der Waals surface area contributed by atoms with E-state index < -0.39 is 5.97 Å². The van der Waals surface area contributed by atoms with Gasteiger partial charge in [0.25, 0.3) is 0 Å². The summed E-state index contributed by atoms with van der Waals surface area (Å²) in [7, 11) is 0. The molecule has 2 bridgehead atoms. The van der Waals surface area contributed by atoms with Gasteiger partial charge in [-0.25, -0.2) is 0 Å². The Balaban J connectivity index is 1.71. The maximum Gasteiger partial charge on any atom is 0.307 e. The van der Waals surface area contributed by atoms with Gasteiger partial charge >= 0.3 is 5.97 Å². The number of carboxylic acids is 1. The van der Waals surface area contributed by atoms with Crippen LogP contribution in [0.3, 0.4) is 0 Å². The van der Waals surface area contributed by atoms with Crippen LogP contribution in [0.2, 0.25) is 0 Å². The Morgan fingerprint density at radius 1 is 1.30 bits per heavy atom. The molecule has 0 saturated carbocycles. The number of para-hydroxylation sites is 1. The summed E-state index contributed by atoms with van der Waals surface area (Å²) >= 11 is 0. The Kier molecular flexibility index (Phi) is 3.44. The molecule has 1 aromatic carbocycles. The molecule has 5 nitrogen and oxygen atoms in total. The van der Waals surface area contributed by atoms with Crippen LogP contribution in [0.1, 0.15) is 24.8 Å². The van der Waals surface area contributed by atoms with Gasteiger partial charge < -0.3 is 15.2 Å². The molecular formula is C15H17NO4. The lowest BCUT2D eigenvalue weighted by molar-refractivity contribution is -0.136. The standard InChI is InChI=1S/C15H17NO4/c17-14(18)7-9-3-1-2-4-12(9)16-15(19)11-8-10-5-6-13(11)20-10/h1-4,10-11,13H,5-8H2,(H,16,19)(H,17,18). The molecule has 20 heavy (non-hydrogen) atoms. The van der Waals surface area contributed by atoms with Crippen molar-refractivity contribution in [2.45, 2.75) is 37.9 Å². The number of nitrogens with one attached hydrogen (secondary N) is 1. The minimum absolute atomic E-state index is 0.0339. The van der Waals surface area contributed by atoms with Crippen molar-refractivity contribution in [3.8, 4) is 0 Å². The van der Waals surface area contributed by atoms with Gasteiger partial charge in [-0.15, -0.1) is 0 Å². The molecule has 2 fully saturated rings. The minimum Gasteiger partial charge on any atom is -0.481 e. The van der Waals surface area contributed by atoms with Crippen LogP contribution in [-0.4, -0.2) is 29.2 Å². The number of benzene rings is 1. The van der Waals surface area contributed by atoms with Gasteiger partial charge in [-0.05, 0) is 30.9 Å². The zero-order valence-corrected chi connectivity index (χ0v) is 11.0. The summed E-state index contributed by atoms with van der Waals surface area (Å²) in [5.41, 5.74) is 1.21. The van der Waals surface area contributed by atoms with Crippen LogP contribution in [0, 0.1) is 5.92 Å². The second-order valence-corrected chi connectivity index (χ2v) is 5.43. The number of anilines is 1. The summed E-state index contributed by atoms with van der Waals surface area (Å²) in [6.07, 6.45) is 2.93. The predicted octanol–water partition coefficient (Wildman–Crippen LogP) is 1.82. The number of aliphatic carboxylic acids is 1. The van der Waals surface area contributed by atoms with E-state index in [0.717, 1.165) is 19.3 Å². The number of hydrogen-bond acceptors (Lipinski definition) is 3. The molecule has 1 amide bonds. The summed E-state index contributed by atoms with van der Waals surface area (Å²) < 4.78 is 5.68. The predicted molar refractivity (Wildman–Crippen MR) is 72.4 cm³/mol. The molecule has 1 aromatic rings. The van der Waals surface area contributed by atoms with Crippen molar-refractivity contribution in [3.63, 3.8) is 0 Å². The number of ether oxygens (including phenoxy) is 1. The van der Waals surface area contributed by atoms with Crippen molar-refractivity contribution >= 4 is 17.6 Å². The summed E-state index contributed by atoms with van der Waals surface area (Å²) in [4.78, 5) is 23.1. The van der Waals surface area contributed by atoms with E-state index in [2.05, 4.69) is 5.32 Å². The summed E-state index contributed by atoms with van der Waals surface area (Å²) in [5, 5.41) is 11.8. The number of amides is 1. The zero-order valence-electron chi connectivity index (χ0n) is 11.0. The Morgan fingerprint density at radius 2 is 2.10 bits per heavy atom. The van der Waals surface area contributed by atoms with Crippen LogP contribution in [0.5, 0.6) is 0 Å². The lowest BCUT2D eigenvalue weighted by Crippen LogP contribution is -2.30. The van der Waals surface area contributed by atoms with E-state index in [0.29, 0.717) is 11.3 Å². The molecule has 0 aliphatic carbocycles. The summed E-state index contributed by atoms with van der Waals surface area (Å²) in [5.74, 6) is -1.07. The largest absolute Gasteiger partial charge is 0.481 e. The molecule has 2 aliphatic heterocycles. The second-order valence-electron chi connectivity index (χ2n) is 5.43. The molecule has 5 heteroatoms. The summed E-state index contributed by atoms with van der Waals surface area (Å²) in [6, 6.07) is 7.03. The van der Waals surface area contributed by atoms with E-state index in [-0.39, 0.29) is 30.5 Å². The first kappa shape index (κ1) is 13.1. The molecule has 0 spiro atoms. The number of carboxylic acid groups (broad SMARTS) is 1. The highest BCUT2D eigenvalue weighted by Gasteiger charge is 2.44. The molecule has 0 radical (unpaired) electrons. The topological polar surface area (TPSA) is 75.6 Å². The Hall–Kier alpha value is -1.88. The number of fused-ring (bicyclic) bond motifs is 2. The lowest BCUT2D eigenvalue weighted by atomic mass is 9.88. The zero-order chi connectivity index (χ0) is 14.1. The third-order valence-electron chi connectivity index (χ3n) is 4.06. The van der Waals surface area contributed by atoms with Gasteiger partial charge in [-0.3, -0.25) is 9.59 Å². The fraction of sp³-hybridized carbons (Fsp3) is 0.467. The summed E-state index contributed by atoms with van der Waals surface area (Å²) in [6.45, 7) is 0. The van der Waals surface area contributed by atoms with Gasteiger partial charge in [0.1, 0.15) is 0 Å². The molecule has 106 valence electrons. The smallest absolute Gasteiger partial charge is 0.307 e. The maximum atomic E-state index is 12.3. The van der Waals surface area contributed by atoms with E-state index in [1.165, 1.54) is 0 Å². The normalized spacial score (nSPS) is 27.5. The first-order valence-corrected chi connectivity index (χ1v) is 6.89. The second kappa shape index (κ2) is 5.25. The lowest BCUT2D eigenvalue weighted by Gasteiger charge is -2.19. The first-order valence-electron chi connectivity index (χ1n) is 6.89. The number of carbonyl (C=O) groups is 2. The van der Waals surface area contributed by atoms with Crippen LogP contribution in [0.25, 0.3) is 0 Å². The molecule has 2 saturated heterocycles. The van der Waals surface area contributed by atoms with Crippen LogP contribution in [0.4, 0.5) is 5.69 Å². The highest BCUT2D eigenvalue weighted by molar-refractivity contribution is 5.94.